The Morgan fingerprint density at radius 3 is 2.63 bits per heavy atom. The van der Waals surface area contributed by atoms with E-state index in [0.29, 0.717) is 18.2 Å². The third kappa shape index (κ3) is 4.82. The van der Waals surface area contributed by atoms with Crippen molar-refractivity contribution in [2.45, 2.75) is 76.3 Å². The number of nitrogens with one attached hydrogen (secondary N) is 2. The summed E-state index contributed by atoms with van der Waals surface area (Å²) in [5, 5.41) is 2.88. The lowest BCUT2D eigenvalue weighted by molar-refractivity contribution is -0.117. The maximum absolute atomic E-state index is 13.1. The van der Waals surface area contributed by atoms with Gasteiger partial charge in [-0.25, -0.2) is 13.1 Å². The molecule has 0 radical (unpaired) electrons. The van der Waals surface area contributed by atoms with Gasteiger partial charge in [0.15, 0.2) is 0 Å². The van der Waals surface area contributed by atoms with Gasteiger partial charge in [0.05, 0.1) is 5.69 Å². The molecule has 1 amide bonds. The number of piperidine rings is 1. The van der Waals surface area contributed by atoms with E-state index in [0.717, 1.165) is 37.9 Å². The zero-order valence-corrected chi connectivity index (χ0v) is 17.3. The number of rotatable bonds is 7. The predicted octanol–water partition coefficient (Wildman–Crippen LogP) is 3.49. The maximum atomic E-state index is 13.1. The molecule has 1 aromatic rings. The molecular weight excluding hydrogens is 362 g/mol. The highest BCUT2D eigenvalue weighted by molar-refractivity contribution is 7.89. The average Bonchev–Trinajstić information content (AvgIpc) is 3.47. The molecule has 27 heavy (non-hydrogen) atoms. The number of nitrogens with zero attached hydrogens (tertiary/aromatic N) is 1. The second kappa shape index (κ2) is 8.19. The van der Waals surface area contributed by atoms with Gasteiger partial charge in [-0.3, -0.25) is 4.79 Å². The first kappa shape index (κ1) is 20.1. The van der Waals surface area contributed by atoms with Crippen LogP contribution in [0.2, 0.25) is 0 Å². The van der Waals surface area contributed by atoms with Crippen LogP contribution in [0.25, 0.3) is 0 Å². The Morgan fingerprint density at radius 1 is 1.26 bits per heavy atom. The molecule has 3 rings (SSSR count). The first-order valence-corrected chi connectivity index (χ1v) is 11.5. The van der Waals surface area contributed by atoms with Gasteiger partial charge in [0.2, 0.25) is 15.9 Å². The fourth-order valence-corrected chi connectivity index (χ4v) is 5.07. The molecule has 1 aliphatic heterocycles. The van der Waals surface area contributed by atoms with E-state index < -0.39 is 10.0 Å². The van der Waals surface area contributed by atoms with Gasteiger partial charge in [-0.1, -0.05) is 6.92 Å². The summed E-state index contributed by atoms with van der Waals surface area (Å²) >= 11 is 0. The minimum atomic E-state index is -3.68. The highest BCUT2D eigenvalue weighted by Crippen LogP contribution is 2.34. The van der Waals surface area contributed by atoms with Crippen molar-refractivity contribution in [3.8, 4) is 0 Å². The quantitative estimate of drug-likeness (QED) is 0.743. The Balaban J connectivity index is 1.97. The summed E-state index contributed by atoms with van der Waals surface area (Å²) in [7, 11) is -3.68. The molecule has 0 spiro atoms. The van der Waals surface area contributed by atoms with E-state index in [1.54, 1.807) is 6.07 Å². The van der Waals surface area contributed by atoms with Crippen molar-refractivity contribution in [1.82, 2.24) is 4.72 Å². The smallest absolute Gasteiger partial charge is 0.242 e. The SMILES string of the molecule is CC[C@H](C)NS(=O)(=O)c1cc(NC(=O)C2CC2)ccc1N1CCCC[C@@H]1C. The molecule has 1 aliphatic carbocycles. The van der Waals surface area contributed by atoms with Gasteiger partial charge in [-0.05, 0) is 70.6 Å². The van der Waals surface area contributed by atoms with E-state index in [2.05, 4.69) is 21.9 Å². The highest BCUT2D eigenvalue weighted by atomic mass is 32.2. The number of carbonyl (C=O) groups excluding carboxylic acids is 1. The molecule has 1 heterocycles. The summed E-state index contributed by atoms with van der Waals surface area (Å²) in [4.78, 5) is 14.5. The first-order chi connectivity index (χ1) is 12.8. The molecule has 2 atom stereocenters. The van der Waals surface area contributed by atoms with Crippen LogP contribution in [0.5, 0.6) is 0 Å². The summed E-state index contributed by atoms with van der Waals surface area (Å²) < 4.78 is 29.0. The van der Waals surface area contributed by atoms with Gasteiger partial charge in [0, 0.05) is 30.2 Å². The first-order valence-electron chi connectivity index (χ1n) is 10.1. The Labute approximate surface area is 162 Å². The van der Waals surface area contributed by atoms with Crippen molar-refractivity contribution in [3.05, 3.63) is 18.2 Å². The molecule has 2 N–H and O–H groups in total. The van der Waals surface area contributed by atoms with Crippen LogP contribution < -0.4 is 14.9 Å². The predicted molar refractivity (Wildman–Crippen MR) is 109 cm³/mol. The molecule has 1 aromatic carbocycles. The molecule has 0 bridgehead atoms. The number of carbonyl (C=O) groups is 1. The van der Waals surface area contributed by atoms with Gasteiger partial charge < -0.3 is 10.2 Å². The topological polar surface area (TPSA) is 78.5 Å². The van der Waals surface area contributed by atoms with Crippen LogP contribution in [-0.4, -0.2) is 33.0 Å². The second-order valence-corrected chi connectivity index (χ2v) is 9.60. The molecule has 1 saturated heterocycles. The van der Waals surface area contributed by atoms with Crippen molar-refractivity contribution < 1.29 is 13.2 Å². The molecular formula is C20H31N3O3S. The molecule has 2 aliphatic rings. The molecule has 2 fully saturated rings. The molecule has 0 aromatic heterocycles. The molecule has 0 unspecified atom stereocenters. The van der Waals surface area contributed by atoms with E-state index in [9.17, 15) is 13.2 Å². The van der Waals surface area contributed by atoms with Crippen molar-refractivity contribution >= 4 is 27.3 Å². The number of benzene rings is 1. The van der Waals surface area contributed by atoms with Crippen LogP contribution in [-0.2, 0) is 14.8 Å². The minimum absolute atomic E-state index is 0.0210. The minimum Gasteiger partial charge on any atom is -0.368 e. The zero-order valence-electron chi connectivity index (χ0n) is 16.5. The van der Waals surface area contributed by atoms with Gasteiger partial charge in [0.1, 0.15) is 4.90 Å². The van der Waals surface area contributed by atoms with Crippen molar-refractivity contribution in [2.75, 3.05) is 16.8 Å². The van der Waals surface area contributed by atoms with Crippen molar-refractivity contribution in [3.63, 3.8) is 0 Å². The number of hydrogen-bond acceptors (Lipinski definition) is 4. The van der Waals surface area contributed by atoms with Crippen molar-refractivity contribution in [2.24, 2.45) is 5.92 Å². The third-order valence-corrected chi connectivity index (χ3v) is 7.16. The lowest BCUT2D eigenvalue weighted by Crippen LogP contribution is -2.39. The van der Waals surface area contributed by atoms with E-state index in [4.69, 9.17) is 0 Å². The van der Waals surface area contributed by atoms with Crippen LogP contribution in [0.15, 0.2) is 23.1 Å². The maximum Gasteiger partial charge on any atom is 0.242 e. The largest absolute Gasteiger partial charge is 0.368 e. The number of sulfonamides is 1. The van der Waals surface area contributed by atoms with Gasteiger partial charge >= 0.3 is 0 Å². The van der Waals surface area contributed by atoms with E-state index in [1.165, 1.54) is 6.42 Å². The zero-order chi connectivity index (χ0) is 19.6. The Hall–Kier alpha value is -1.60. The highest BCUT2D eigenvalue weighted by Gasteiger charge is 2.31. The van der Waals surface area contributed by atoms with Gasteiger partial charge in [0.25, 0.3) is 0 Å². The third-order valence-electron chi connectivity index (χ3n) is 5.55. The fraction of sp³-hybridized carbons (Fsp3) is 0.650. The average molecular weight is 394 g/mol. The summed E-state index contributed by atoms with van der Waals surface area (Å²) in [6.45, 7) is 6.80. The van der Waals surface area contributed by atoms with E-state index >= 15 is 0 Å². The lowest BCUT2D eigenvalue weighted by atomic mass is 10.0. The van der Waals surface area contributed by atoms with Crippen LogP contribution in [0.4, 0.5) is 11.4 Å². The van der Waals surface area contributed by atoms with E-state index in [1.807, 2.05) is 26.0 Å². The second-order valence-electron chi connectivity index (χ2n) is 7.91. The summed E-state index contributed by atoms with van der Waals surface area (Å²) in [6.07, 6.45) is 5.82. The summed E-state index contributed by atoms with van der Waals surface area (Å²) in [6, 6.07) is 5.42. The summed E-state index contributed by atoms with van der Waals surface area (Å²) in [5.74, 6) is 0.0532. The van der Waals surface area contributed by atoms with Crippen LogP contribution in [0.3, 0.4) is 0 Å². The monoisotopic (exact) mass is 393 g/mol. The molecule has 150 valence electrons. The number of amides is 1. The lowest BCUT2D eigenvalue weighted by Gasteiger charge is -2.36. The Bertz CT molecular complexity index is 790. The summed E-state index contributed by atoms with van der Waals surface area (Å²) in [5.41, 5.74) is 1.27. The molecule has 1 saturated carbocycles. The Kier molecular flexibility index (Phi) is 6.11. The standard InChI is InChI=1S/C20H31N3O3S/c1-4-14(2)22-27(25,26)19-13-17(21-20(24)16-8-9-16)10-11-18(19)23-12-6-5-7-15(23)3/h10-11,13-16,22H,4-9,12H2,1-3H3,(H,21,24)/t14-,15-/m0/s1. The van der Waals surface area contributed by atoms with Crippen LogP contribution >= 0.6 is 0 Å². The number of anilines is 2. The normalized spacial score (nSPS) is 21.7. The molecule has 6 nitrogen and oxygen atoms in total. The molecule has 7 heteroatoms. The fourth-order valence-electron chi connectivity index (χ4n) is 3.50. The van der Waals surface area contributed by atoms with Gasteiger partial charge in [-0.15, -0.1) is 0 Å². The van der Waals surface area contributed by atoms with Gasteiger partial charge in [-0.2, -0.15) is 0 Å². The van der Waals surface area contributed by atoms with Crippen LogP contribution in [0.1, 0.15) is 59.3 Å². The Morgan fingerprint density at radius 2 is 2.00 bits per heavy atom. The number of hydrogen-bond donors (Lipinski definition) is 2. The van der Waals surface area contributed by atoms with E-state index in [-0.39, 0.29) is 22.8 Å². The van der Waals surface area contributed by atoms with Crippen molar-refractivity contribution in [1.29, 1.82) is 0 Å². The van der Waals surface area contributed by atoms with Crippen LogP contribution in [0, 0.1) is 5.92 Å².